The Bertz CT molecular complexity index is 945. The second-order valence-electron chi connectivity index (χ2n) is 10.2. The van der Waals surface area contributed by atoms with Gasteiger partial charge in [-0.1, -0.05) is 46.8 Å². The van der Waals surface area contributed by atoms with Crippen molar-refractivity contribution in [3.8, 4) is 0 Å². The predicted molar refractivity (Wildman–Crippen MR) is 125 cm³/mol. The summed E-state index contributed by atoms with van der Waals surface area (Å²) in [6, 6.07) is 8.34. The molecule has 0 heterocycles. The molecular formula is C26H36F2N2O. The number of amides is 1. The molecule has 31 heavy (non-hydrogen) atoms. The molecule has 0 spiro atoms. The van der Waals surface area contributed by atoms with Crippen LogP contribution in [0.15, 0.2) is 30.3 Å². The van der Waals surface area contributed by atoms with Gasteiger partial charge in [0.1, 0.15) is 11.6 Å². The Morgan fingerprint density at radius 1 is 1.03 bits per heavy atom. The molecule has 2 aromatic carbocycles. The zero-order chi connectivity index (χ0) is 23.6. The Morgan fingerprint density at radius 3 is 2.23 bits per heavy atom. The number of benzene rings is 2. The molecule has 0 bridgehead atoms. The lowest BCUT2D eigenvalue weighted by molar-refractivity contribution is -0.114. The van der Waals surface area contributed by atoms with Crippen LogP contribution in [0.4, 0.5) is 14.5 Å². The molecular weight excluding hydrogens is 394 g/mol. The topological polar surface area (TPSA) is 32.3 Å². The number of carbonyl (C=O) groups is 1. The number of nitrogens with zero attached hydrogens (tertiary/aromatic N) is 1. The molecule has 0 atom stereocenters. The van der Waals surface area contributed by atoms with Gasteiger partial charge in [0.25, 0.3) is 0 Å². The van der Waals surface area contributed by atoms with E-state index in [9.17, 15) is 13.6 Å². The highest BCUT2D eigenvalue weighted by Crippen LogP contribution is 2.35. The Hall–Kier alpha value is -2.27. The van der Waals surface area contributed by atoms with E-state index in [0.29, 0.717) is 23.4 Å². The van der Waals surface area contributed by atoms with Gasteiger partial charge < -0.3 is 10.2 Å². The summed E-state index contributed by atoms with van der Waals surface area (Å²) in [4.78, 5) is 13.6. The third-order valence-electron chi connectivity index (χ3n) is 5.81. The average molecular weight is 431 g/mol. The molecule has 0 aliphatic carbocycles. The molecule has 0 fully saturated rings. The van der Waals surface area contributed by atoms with E-state index in [4.69, 9.17) is 0 Å². The first-order valence-corrected chi connectivity index (χ1v) is 10.8. The molecule has 2 rings (SSSR count). The lowest BCUT2D eigenvalue weighted by Gasteiger charge is -2.31. The van der Waals surface area contributed by atoms with E-state index < -0.39 is 5.41 Å². The van der Waals surface area contributed by atoms with Gasteiger partial charge in [-0.25, -0.2) is 8.78 Å². The van der Waals surface area contributed by atoms with E-state index in [1.165, 1.54) is 13.0 Å². The number of hydrogen-bond acceptors (Lipinski definition) is 2. The van der Waals surface area contributed by atoms with Gasteiger partial charge in [0.2, 0.25) is 5.91 Å². The van der Waals surface area contributed by atoms with Crippen LogP contribution in [0.1, 0.15) is 70.2 Å². The quantitative estimate of drug-likeness (QED) is 0.557. The molecule has 3 nitrogen and oxygen atoms in total. The lowest BCUT2D eigenvalue weighted by atomic mass is 9.78. The first-order chi connectivity index (χ1) is 14.2. The van der Waals surface area contributed by atoms with E-state index in [0.717, 1.165) is 24.1 Å². The van der Waals surface area contributed by atoms with E-state index >= 15 is 0 Å². The van der Waals surface area contributed by atoms with Crippen LogP contribution in [0.3, 0.4) is 0 Å². The third kappa shape index (κ3) is 6.36. The smallest absolute Gasteiger partial charge is 0.221 e. The van der Waals surface area contributed by atoms with Gasteiger partial charge in [0.15, 0.2) is 0 Å². The second kappa shape index (κ2) is 9.47. The van der Waals surface area contributed by atoms with Crippen LogP contribution in [-0.4, -0.2) is 24.4 Å². The van der Waals surface area contributed by atoms with Crippen molar-refractivity contribution in [3.05, 3.63) is 64.2 Å². The molecule has 0 unspecified atom stereocenters. The van der Waals surface area contributed by atoms with Gasteiger partial charge >= 0.3 is 0 Å². The summed E-state index contributed by atoms with van der Waals surface area (Å²) in [5.74, 6) is -0.607. The Morgan fingerprint density at radius 2 is 1.65 bits per heavy atom. The normalized spacial score (nSPS) is 12.4. The van der Waals surface area contributed by atoms with Gasteiger partial charge in [0.05, 0.1) is 0 Å². The van der Waals surface area contributed by atoms with Crippen molar-refractivity contribution in [2.75, 3.05) is 18.9 Å². The Balaban J connectivity index is 2.15. The van der Waals surface area contributed by atoms with Gasteiger partial charge in [0, 0.05) is 19.2 Å². The van der Waals surface area contributed by atoms with Crippen LogP contribution in [0.5, 0.6) is 0 Å². The monoisotopic (exact) mass is 430 g/mol. The lowest BCUT2D eigenvalue weighted by Crippen LogP contribution is -2.29. The average Bonchev–Trinajstić information content (AvgIpc) is 2.63. The fourth-order valence-corrected chi connectivity index (χ4v) is 4.07. The summed E-state index contributed by atoms with van der Waals surface area (Å²) in [5, 5.41) is 2.79. The number of carbonyl (C=O) groups excluding carboxylic acids is 1. The van der Waals surface area contributed by atoms with Gasteiger partial charge in [-0.05, 0) is 78.2 Å². The molecule has 0 saturated carbocycles. The number of anilines is 1. The molecule has 2 aromatic rings. The van der Waals surface area contributed by atoms with Crippen molar-refractivity contribution in [2.24, 2.45) is 0 Å². The van der Waals surface area contributed by atoms with Crippen molar-refractivity contribution < 1.29 is 13.6 Å². The highest BCUT2D eigenvalue weighted by molar-refractivity contribution is 5.89. The highest BCUT2D eigenvalue weighted by Gasteiger charge is 2.28. The predicted octanol–water partition coefficient (Wildman–Crippen LogP) is 6.33. The molecule has 1 amide bonds. The number of nitrogens with one attached hydrogen (secondary N) is 1. The number of rotatable bonds is 7. The summed E-state index contributed by atoms with van der Waals surface area (Å²) < 4.78 is 29.0. The minimum absolute atomic E-state index is 0.174. The van der Waals surface area contributed by atoms with Crippen molar-refractivity contribution in [3.63, 3.8) is 0 Å². The van der Waals surface area contributed by atoms with Crippen LogP contribution in [0.2, 0.25) is 0 Å². The summed E-state index contributed by atoms with van der Waals surface area (Å²) in [6.07, 6.45) is 0.734. The summed E-state index contributed by atoms with van der Waals surface area (Å²) >= 11 is 0. The van der Waals surface area contributed by atoms with Crippen LogP contribution in [-0.2, 0) is 22.2 Å². The van der Waals surface area contributed by atoms with E-state index in [-0.39, 0.29) is 23.0 Å². The summed E-state index contributed by atoms with van der Waals surface area (Å²) in [5.41, 5.74) is 3.13. The van der Waals surface area contributed by atoms with Crippen LogP contribution in [0.25, 0.3) is 0 Å². The molecule has 0 aliphatic rings. The highest BCUT2D eigenvalue weighted by atomic mass is 19.1. The Kier molecular flexibility index (Phi) is 7.64. The van der Waals surface area contributed by atoms with Gasteiger partial charge in [-0.3, -0.25) is 4.79 Å². The molecule has 1 N–H and O–H groups in total. The SMILES string of the molecule is CC(=O)Nc1ccc(F)c(C(C)(C)CCN(C)Cc2ccc(F)c(C(C)(C)C)c2)c1C. The van der Waals surface area contributed by atoms with E-state index in [1.807, 2.05) is 60.7 Å². The molecule has 0 saturated heterocycles. The van der Waals surface area contributed by atoms with Crippen molar-refractivity contribution >= 4 is 11.6 Å². The fourth-order valence-electron chi connectivity index (χ4n) is 4.07. The summed E-state index contributed by atoms with van der Waals surface area (Å²) in [7, 11) is 2.02. The minimum Gasteiger partial charge on any atom is -0.326 e. The summed E-state index contributed by atoms with van der Waals surface area (Å²) in [6.45, 7) is 14.8. The van der Waals surface area contributed by atoms with Crippen molar-refractivity contribution in [1.82, 2.24) is 4.90 Å². The van der Waals surface area contributed by atoms with Crippen LogP contribution in [0, 0.1) is 18.6 Å². The number of hydrogen-bond donors (Lipinski definition) is 1. The Labute approximate surface area is 185 Å². The fraction of sp³-hybridized carbons (Fsp3) is 0.500. The molecule has 170 valence electrons. The van der Waals surface area contributed by atoms with Gasteiger partial charge in [-0.2, -0.15) is 0 Å². The zero-order valence-corrected chi connectivity index (χ0v) is 20.1. The maximum Gasteiger partial charge on any atom is 0.221 e. The largest absolute Gasteiger partial charge is 0.326 e. The van der Waals surface area contributed by atoms with Gasteiger partial charge in [-0.15, -0.1) is 0 Å². The molecule has 0 aromatic heterocycles. The zero-order valence-electron chi connectivity index (χ0n) is 20.1. The van der Waals surface area contributed by atoms with Crippen molar-refractivity contribution in [2.45, 2.75) is 72.3 Å². The van der Waals surface area contributed by atoms with E-state index in [2.05, 4.69) is 10.2 Å². The minimum atomic E-state index is -0.420. The maximum absolute atomic E-state index is 14.8. The first kappa shape index (κ1) is 25.0. The van der Waals surface area contributed by atoms with Crippen LogP contribution < -0.4 is 5.32 Å². The van der Waals surface area contributed by atoms with Crippen LogP contribution >= 0.6 is 0 Å². The first-order valence-electron chi connectivity index (χ1n) is 10.8. The second-order valence-corrected chi connectivity index (χ2v) is 10.2. The third-order valence-corrected chi connectivity index (χ3v) is 5.81. The van der Waals surface area contributed by atoms with E-state index in [1.54, 1.807) is 12.1 Å². The van der Waals surface area contributed by atoms with Crippen molar-refractivity contribution in [1.29, 1.82) is 0 Å². The molecule has 5 heteroatoms. The molecule has 0 aliphatic heterocycles. The molecule has 0 radical (unpaired) electrons. The standard InChI is InChI=1S/C26H36F2N2O/c1-17-23(29-18(2)31)12-11-22(28)24(17)26(6,7)13-14-30(8)16-19-9-10-21(27)20(15-19)25(3,4)5/h9-12,15H,13-14,16H2,1-8H3,(H,29,31). The number of halogens is 2. The maximum atomic E-state index is 14.8.